The van der Waals surface area contributed by atoms with Gasteiger partial charge in [-0.3, -0.25) is 13.8 Å². The lowest BCUT2D eigenvalue weighted by Gasteiger charge is -2.38. The molecule has 0 radical (unpaired) electrons. The van der Waals surface area contributed by atoms with Crippen LogP contribution >= 0.6 is 7.82 Å². The minimum Gasteiger partial charge on any atom is -0.422 e. The van der Waals surface area contributed by atoms with Crippen LogP contribution in [-0.2, 0) is 32.1 Å². The van der Waals surface area contributed by atoms with Gasteiger partial charge in [0.2, 0.25) is 6.79 Å². The maximum absolute atomic E-state index is 13.1. The van der Waals surface area contributed by atoms with Gasteiger partial charge in [-0.05, 0) is 91.8 Å². The fourth-order valence-corrected chi connectivity index (χ4v) is 6.72. The number of carbonyl (C=O) groups is 2. The number of Topliss-reactive ketones (excluding diaryl/α,β-unsaturated/α-hetero) is 1. The van der Waals surface area contributed by atoms with Gasteiger partial charge in [-0.25, -0.2) is 13.9 Å². The van der Waals surface area contributed by atoms with Crippen LogP contribution in [0, 0.1) is 5.92 Å². The molecule has 9 nitrogen and oxygen atoms in total. The Morgan fingerprint density at radius 2 is 1.47 bits per heavy atom. The van der Waals surface area contributed by atoms with Gasteiger partial charge in [0.05, 0.1) is 17.7 Å². The molecule has 0 heterocycles. The van der Waals surface area contributed by atoms with Gasteiger partial charge in [-0.2, -0.15) is 0 Å². The lowest BCUT2D eigenvalue weighted by molar-refractivity contribution is -0.118. The largest absolute Gasteiger partial charge is 0.478 e. The third-order valence-electron chi connectivity index (χ3n) is 6.08. The van der Waals surface area contributed by atoms with Crippen molar-refractivity contribution in [2.75, 3.05) is 19.9 Å². The van der Waals surface area contributed by atoms with Crippen LogP contribution in [0.5, 0.6) is 0 Å². The van der Waals surface area contributed by atoms with E-state index >= 15 is 0 Å². The first-order chi connectivity index (χ1) is 16.0. The van der Waals surface area contributed by atoms with Crippen molar-refractivity contribution < 1.29 is 36.9 Å². The van der Waals surface area contributed by atoms with Gasteiger partial charge in [0.25, 0.3) is 0 Å². The Hall–Kier alpha value is -0.773. The van der Waals surface area contributed by atoms with E-state index in [1.54, 1.807) is 41.5 Å². The number of rotatable bonds is 11. The summed E-state index contributed by atoms with van der Waals surface area (Å²) in [5.41, 5.74) is -1.62. The maximum Gasteiger partial charge on any atom is 0.478 e. The molecule has 0 saturated heterocycles. The van der Waals surface area contributed by atoms with Crippen molar-refractivity contribution in [3.05, 3.63) is 0 Å². The normalized spacial score (nSPS) is 19.9. The quantitative estimate of drug-likeness (QED) is 0.155. The summed E-state index contributed by atoms with van der Waals surface area (Å²) < 4.78 is 41.3. The van der Waals surface area contributed by atoms with Gasteiger partial charge >= 0.3 is 13.9 Å². The van der Waals surface area contributed by atoms with Crippen LogP contribution in [0.15, 0.2) is 0 Å². The second-order valence-corrected chi connectivity index (χ2v) is 19.5. The molecule has 0 aromatic carbocycles. The topological polar surface area (TPSA) is 101 Å². The van der Waals surface area contributed by atoms with Crippen LogP contribution in [0.3, 0.4) is 0 Å². The van der Waals surface area contributed by atoms with Gasteiger partial charge in [0.15, 0.2) is 8.32 Å². The summed E-state index contributed by atoms with van der Waals surface area (Å²) in [6.45, 7) is 22.6. The van der Waals surface area contributed by atoms with Crippen molar-refractivity contribution in [3.8, 4) is 0 Å². The summed E-state index contributed by atoms with van der Waals surface area (Å²) in [7, 11) is -5.91. The monoisotopic (exact) mass is 551 g/mol. The highest BCUT2D eigenvalue weighted by atomic mass is 31.2. The number of ether oxygens (including phenoxy) is 1. The van der Waals surface area contributed by atoms with E-state index in [0.29, 0.717) is 6.54 Å². The molecule has 1 amide bonds. The first-order valence-corrected chi connectivity index (χ1v) is 17.1. The van der Waals surface area contributed by atoms with Gasteiger partial charge in [0, 0.05) is 12.6 Å². The van der Waals surface area contributed by atoms with Gasteiger partial charge in [0.1, 0.15) is 5.78 Å². The molecule has 212 valence electrons. The number of phosphoric ester groups is 1. The number of carbonyl (C=O) groups excluding carboxylic acids is 2. The van der Waals surface area contributed by atoms with Crippen LogP contribution in [0.2, 0.25) is 18.1 Å². The fraction of sp³-hybridized carbons (Fsp3) is 0.920. The molecule has 0 aromatic heterocycles. The highest BCUT2D eigenvalue weighted by Crippen LogP contribution is 2.55. The Balaban J connectivity index is 2.77. The Kier molecular flexibility index (Phi) is 11.4. The SMILES string of the molecule is CC(=O)CN(C[C@H]1CC[C@H](O[Si](C)(C)C(C)(C)C)C1)C(=O)OCOP(=O)(OC(C)(C)C)OC(C)(C)C. The third-order valence-corrected chi connectivity index (χ3v) is 12.6. The molecule has 1 saturated carbocycles. The van der Waals surface area contributed by atoms with Crippen LogP contribution < -0.4 is 0 Å². The zero-order chi connectivity index (χ0) is 28.2. The molecule has 1 aliphatic carbocycles. The molecule has 0 bridgehead atoms. The molecular formula is C25H50NO8PSi. The summed E-state index contributed by atoms with van der Waals surface area (Å²) >= 11 is 0. The zero-order valence-electron chi connectivity index (χ0n) is 24.6. The predicted octanol–water partition coefficient (Wildman–Crippen LogP) is 6.92. The third kappa shape index (κ3) is 12.2. The van der Waals surface area contributed by atoms with E-state index < -0.39 is 40.2 Å². The summed E-state index contributed by atoms with van der Waals surface area (Å²) in [6, 6.07) is 0. The minimum absolute atomic E-state index is 0.0717. The van der Waals surface area contributed by atoms with Crippen molar-refractivity contribution in [2.45, 2.75) is 124 Å². The molecule has 0 unspecified atom stereocenters. The predicted molar refractivity (Wildman–Crippen MR) is 143 cm³/mol. The Bertz CT molecular complexity index is 777. The van der Waals surface area contributed by atoms with Gasteiger partial charge in [-0.15, -0.1) is 0 Å². The second-order valence-electron chi connectivity index (χ2n) is 13.3. The molecular weight excluding hydrogens is 501 g/mol. The molecule has 1 rings (SSSR count). The van der Waals surface area contributed by atoms with E-state index in [4.69, 9.17) is 22.7 Å². The Morgan fingerprint density at radius 3 is 1.92 bits per heavy atom. The molecule has 11 heteroatoms. The fourth-order valence-electron chi connectivity index (χ4n) is 3.65. The Labute approximate surface area is 219 Å². The average molecular weight is 552 g/mol. The van der Waals surface area contributed by atoms with E-state index in [-0.39, 0.29) is 29.4 Å². The molecule has 1 aliphatic rings. The second kappa shape index (κ2) is 12.4. The van der Waals surface area contributed by atoms with Gasteiger partial charge in [-0.1, -0.05) is 20.8 Å². The van der Waals surface area contributed by atoms with E-state index in [0.717, 1.165) is 19.3 Å². The smallest absolute Gasteiger partial charge is 0.422 e. The van der Waals surface area contributed by atoms with E-state index in [1.165, 1.54) is 11.8 Å². The minimum atomic E-state index is -4.02. The average Bonchev–Trinajstić information content (AvgIpc) is 3.02. The molecule has 0 aliphatic heterocycles. The number of nitrogens with zero attached hydrogens (tertiary/aromatic N) is 1. The summed E-state index contributed by atoms with van der Waals surface area (Å²) in [6.07, 6.45) is 2.12. The molecule has 36 heavy (non-hydrogen) atoms. The van der Waals surface area contributed by atoms with Crippen molar-refractivity contribution in [1.82, 2.24) is 4.90 Å². The van der Waals surface area contributed by atoms with Crippen LogP contribution in [-0.4, -0.2) is 62.3 Å². The number of ketones is 1. The summed E-state index contributed by atoms with van der Waals surface area (Å²) in [5.74, 6) is 0.0462. The summed E-state index contributed by atoms with van der Waals surface area (Å²) in [4.78, 5) is 26.1. The van der Waals surface area contributed by atoms with Crippen molar-refractivity contribution >= 4 is 28.0 Å². The van der Waals surface area contributed by atoms with Crippen molar-refractivity contribution in [2.24, 2.45) is 5.92 Å². The zero-order valence-corrected chi connectivity index (χ0v) is 26.5. The highest BCUT2D eigenvalue weighted by molar-refractivity contribution is 7.48. The van der Waals surface area contributed by atoms with Crippen molar-refractivity contribution in [3.63, 3.8) is 0 Å². The Morgan fingerprint density at radius 1 is 0.944 bits per heavy atom. The molecule has 1 fully saturated rings. The number of hydrogen-bond acceptors (Lipinski definition) is 8. The lowest BCUT2D eigenvalue weighted by atomic mass is 10.1. The van der Waals surface area contributed by atoms with E-state index in [2.05, 4.69) is 33.9 Å². The van der Waals surface area contributed by atoms with Gasteiger partial charge < -0.3 is 14.1 Å². The molecule has 0 spiro atoms. The van der Waals surface area contributed by atoms with E-state index in [9.17, 15) is 14.2 Å². The molecule has 0 aromatic rings. The maximum atomic E-state index is 13.1. The number of amides is 1. The first-order valence-electron chi connectivity index (χ1n) is 12.8. The summed E-state index contributed by atoms with van der Waals surface area (Å²) in [5, 5.41) is 0.127. The highest BCUT2D eigenvalue weighted by Gasteiger charge is 2.41. The van der Waals surface area contributed by atoms with E-state index in [1.807, 2.05) is 0 Å². The number of hydrogen-bond donors (Lipinski definition) is 0. The lowest BCUT2D eigenvalue weighted by Crippen LogP contribution is -2.43. The molecule has 0 N–H and O–H groups in total. The standard InChI is InChI=1S/C25H50NO8PSi/c1-19(27)16-26(17-20-13-14-21(15-20)32-36(11,12)25(8,9)10)22(28)30-18-31-35(29,33-23(2,3)4)34-24(5,6)7/h20-21H,13-18H2,1-12H3/t20-,21-/m0/s1. The number of phosphoric acid groups is 1. The first kappa shape index (κ1) is 33.3. The van der Waals surface area contributed by atoms with Crippen molar-refractivity contribution in [1.29, 1.82) is 0 Å². The van der Waals surface area contributed by atoms with Crippen LogP contribution in [0.1, 0.15) is 88.5 Å². The molecule has 2 atom stereocenters. The van der Waals surface area contributed by atoms with Crippen LogP contribution in [0.4, 0.5) is 4.79 Å². The van der Waals surface area contributed by atoms with Crippen LogP contribution in [0.25, 0.3) is 0 Å².